The minimum atomic E-state index is -3.38. The third-order valence-corrected chi connectivity index (χ3v) is 3.56. The summed E-state index contributed by atoms with van der Waals surface area (Å²) in [6, 6.07) is 6.85. The Bertz CT molecular complexity index is 398. The first-order valence-electron chi connectivity index (χ1n) is 4.89. The lowest BCUT2D eigenvalue weighted by Crippen LogP contribution is -2.29. The van der Waals surface area contributed by atoms with Gasteiger partial charge >= 0.3 is 0 Å². The number of rotatable bonds is 5. The van der Waals surface area contributed by atoms with E-state index in [9.17, 15) is 8.42 Å². The van der Waals surface area contributed by atoms with Crippen molar-refractivity contribution in [2.24, 2.45) is 5.73 Å². The van der Waals surface area contributed by atoms with Gasteiger partial charge in [-0.25, -0.2) is 13.1 Å². The van der Waals surface area contributed by atoms with Gasteiger partial charge in [0, 0.05) is 13.1 Å². The van der Waals surface area contributed by atoms with Crippen molar-refractivity contribution in [3.63, 3.8) is 0 Å². The molecule has 1 aromatic carbocycles. The van der Waals surface area contributed by atoms with Crippen molar-refractivity contribution in [3.05, 3.63) is 29.8 Å². The summed E-state index contributed by atoms with van der Waals surface area (Å²) >= 11 is 0. The van der Waals surface area contributed by atoms with Crippen LogP contribution in [0.3, 0.4) is 0 Å². The first kappa shape index (κ1) is 12.2. The SMILES string of the molecule is CCc1ccc(S(=O)(=O)NCCN)cc1. The lowest BCUT2D eigenvalue weighted by atomic mass is 10.2. The Hall–Kier alpha value is -0.910. The maximum Gasteiger partial charge on any atom is 0.240 e. The monoisotopic (exact) mass is 228 g/mol. The lowest BCUT2D eigenvalue weighted by molar-refractivity contribution is 0.582. The van der Waals surface area contributed by atoms with E-state index in [0.29, 0.717) is 6.54 Å². The topological polar surface area (TPSA) is 72.2 Å². The summed E-state index contributed by atoms with van der Waals surface area (Å²) in [6.07, 6.45) is 0.899. The predicted octanol–water partition coefficient (Wildman–Crippen LogP) is 0.486. The van der Waals surface area contributed by atoms with Gasteiger partial charge in [0.05, 0.1) is 4.90 Å². The van der Waals surface area contributed by atoms with Crippen LogP contribution in [0.15, 0.2) is 29.2 Å². The highest BCUT2D eigenvalue weighted by Crippen LogP contribution is 2.10. The van der Waals surface area contributed by atoms with Gasteiger partial charge in [0.25, 0.3) is 0 Å². The molecular weight excluding hydrogens is 212 g/mol. The molecule has 0 saturated heterocycles. The molecule has 5 heteroatoms. The highest BCUT2D eigenvalue weighted by molar-refractivity contribution is 7.89. The predicted molar refractivity (Wildman–Crippen MR) is 60.1 cm³/mol. The van der Waals surface area contributed by atoms with E-state index in [-0.39, 0.29) is 11.4 Å². The molecule has 1 rings (SSSR count). The summed E-state index contributed by atoms with van der Waals surface area (Å²) in [6.45, 7) is 2.58. The zero-order valence-corrected chi connectivity index (χ0v) is 9.55. The molecular formula is C10H16N2O2S. The Morgan fingerprint density at radius 1 is 1.27 bits per heavy atom. The van der Waals surface area contributed by atoms with E-state index >= 15 is 0 Å². The molecule has 0 amide bonds. The van der Waals surface area contributed by atoms with Crippen molar-refractivity contribution in [1.82, 2.24) is 4.72 Å². The van der Waals surface area contributed by atoms with Gasteiger partial charge in [-0.15, -0.1) is 0 Å². The van der Waals surface area contributed by atoms with Gasteiger partial charge in [0.2, 0.25) is 10.0 Å². The van der Waals surface area contributed by atoms with E-state index in [1.54, 1.807) is 12.1 Å². The van der Waals surface area contributed by atoms with Crippen LogP contribution in [0.4, 0.5) is 0 Å². The van der Waals surface area contributed by atoms with E-state index in [4.69, 9.17) is 5.73 Å². The van der Waals surface area contributed by atoms with Crippen molar-refractivity contribution in [3.8, 4) is 0 Å². The first-order valence-corrected chi connectivity index (χ1v) is 6.37. The van der Waals surface area contributed by atoms with Gasteiger partial charge in [0.15, 0.2) is 0 Å². The Kier molecular flexibility index (Phi) is 4.26. The largest absolute Gasteiger partial charge is 0.329 e. The standard InChI is InChI=1S/C10H16N2O2S/c1-2-9-3-5-10(6-4-9)15(13,14)12-8-7-11/h3-6,12H,2,7-8,11H2,1H3. The second kappa shape index (κ2) is 5.25. The molecule has 0 fully saturated rings. The second-order valence-corrected chi connectivity index (χ2v) is 4.95. The number of nitrogens with two attached hydrogens (primary N) is 1. The maximum absolute atomic E-state index is 11.6. The van der Waals surface area contributed by atoms with Crippen molar-refractivity contribution in [2.45, 2.75) is 18.2 Å². The fourth-order valence-corrected chi connectivity index (χ4v) is 2.23. The molecule has 0 aliphatic rings. The van der Waals surface area contributed by atoms with Crippen LogP contribution >= 0.6 is 0 Å². The fourth-order valence-electron chi connectivity index (χ4n) is 1.18. The molecule has 0 aromatic heterocycles. The molecule has 15 heavy (non-hydrogen) atoms. The van der Waals surface area contributed by atoms with Crippen molar-refractivity contribution >= 4 is 10.0 Å². The number of nitrogens with one attached hydrogen (secondary N) is 1. The van der Waals surface area contributed by atoms with Gasteiger partial charge in [-0.05, 0) is 24.1 Å². The zero-order chi connectivity index (χ0) is 11.3. The number of benzene rings is 1. The van der Waals surface area contributed by atoms with Gasteiger partial charge in [-0.3, -0.25) is 0 Å². The van der Waals surface area contributed by atoms with E-state index in [1.807, 2.05) is 19.1 Å². The molecule has 4 nitrogen and oxygen atoms in total. The Morgan fingerprint density at radius 3 is 2.33 bits per heavy atom. The van der Waals surface area contributed by atoms with Crippen LogP contribution in [-0.2, 0) is 16.4 Å². The molecule has 0 aliphatic carbocycles. The first-order chi connectivity index (χ1) is 7.10. The maximum atomic E-state index is 11.6. The third-order valence-electron chi connectivity index (χ3n) is 2.08. The van der Waals surface area contributed by atoms with Crippen LogP contribution in [0.1, 0.15) is 12.5 Å². The molecule has 0 aliphatic heterocycles. The van der Waals surface area contributed by atoms with Crippen molar-refractivity contribution in [2.75, 3.05) is 13.1 Å². The van der Waals surface area contributed by atoms with E-state index in [0.717, 1.165) is 12.0 Å². The van der Waals surface area contributed by atoms with Crippen LogP contribution in [0.2, 0.25) is 0 Å². The van der Waals surface area contributed by atoms with E-state index in [1.165, 1.54) is 0 Å². The third kappa shape index (κ3) is 3.30. The Balaban J connectivity index is 2.86. The molecule has 3 N–H and O–H groups in total. The lowest BCUT2D eigenvalue weighted by Gasteiger charge is -2.05. The average Bonchev–Trinajstić information content (AvgIpc) is 2.26. The Morgan fingerprint density at radius 2 is 1.87 bits per heavy atom. The van der Waals surface area contributed by atoms with Gasteiger partial charge in [-0.2, -0.15) is 0 Å². The molecule has 0 saturated carbocycles. The normalized spacial score (nSPS) is 11.6. The fraction of sp³-hybridized carbons (Fsp3) is 0.400. The molecule has 0 radical (unpaired) electrons. The van der Waals surface area contributed by atoms with Crippen LogP contribution in [0, 0.1) is 0 Å². The van der Waals surface area contributed by atoms with Gasteiger partial charge in [0.1, 0.15) is 0 Å². The molecule has 0 bridgehead atoms. The van der Waals surface area contributed by atoms with Crippen molar-refractivity contribution < 1.29 is 8.42 Å². The molecule has 0 spiro atoms. The molecule has 0 heterocycles. The van der Waals surface area contributed by atoms with Gasteiger partial charge in [-0.1, -0.05) is 19.1 Å². The molecule has 0 unspecified atom stereocenters. The Labute approximate surface area is 90.5 Å². The molecule has 0 atom stereocenters. The zero-order valence-electron chi connectivity index (χ0n) is 8.73. The average molecular weight is 228 g/mol. The molecule has 1 aromatic rings. The summed E-state index contributed by atoms with van der Waals surface area (Å²) in [5, 5.41) is 0. The highest BCUT2D eigenvalue weighted by Gasteiger charge is 2.11. The van der Waals surface area contributed by atoms with Crippen LogP contribution in [0.25, 0.3) is 0 Å². The van der Waals surface area contributed by atoms with E-state index < -0.39 is 10.0 Å². The summed E-state index contributed by atoms with van der Waals surface area (Å²) in [4.78, 5) is 0.285. The number of aryl methyl sites for hydroxylation is 1. The van der Waals surface area contributed by atoms with Gasteiger partial charge < -0.3 is 5.73 Å². The summed E-state index contributed by atoms with van der Waals surface area (Å²) < 4.78 is 25.7. The number of hydrogen-bond donors (Lipinski definition) is 2. The quantitative estimate of drug-likeness (QED) is 0.770. The van der Waals surface area contributed by atoms with Crippen molar-refractivity contribution in [1.29, 1.82) is 0 Å². The smallest absolute Gasteiger partial charge is 0.240 e. The number of sulfonamides is 1. The van der Waals surface area contributed by atoms with Crippen LogP contribution in [0.5, 0.6) is 0 Å². The van der Waals surface area contributed by atoms with Crippen LogP contribution in [-0.4, -0.2) is 21.5 Å². The second-order valence-electron chi connectivity index (χ2n) is 3.18. The minimum absolute atomic E-state index is 0.262. The van der Waals surface area contributed by atoms with Crippen LogP contribution < -0.4 is 10.5 Å². The van der Waals surface area contributed by atoms with E-state index in [2.05, 4.69) is 4.72 Å². The number of hydrogen-bond acceptors (Lipinski definition) is 3. The summed E-state index contributed by atoms with van der Waals surface area (Å²) in [7, 11) is -3.38. The summed E-state index contributed by atoms with van der Waals surface area (Å²) in [5.74, 6) is 0. The minimum Gasteiger partial charge on any atom is -0.329 e. The highest BCUT2D eigenvalue weighted by atomic mass is 32.2. The summed E-state index contributed by atoms with van der Waals surface area (Å²) in [5.41, 5.74) is 6.35. The molecule has 84 valence electrons.